The molecule has 0 aromatic carbocycles. The molecule has 90 valence electrons. The number of hydrogen-bond acceptors (Lipinski definition) is 4. The van der Waals surface area contributed by atoms with Gasteiger partial charge in [0.05, 0.1) is 5.82 Å². The van der Waals surface area contributed by atoms with Gasteiger partial charge in [-0.1, -0.05) is 0 Å². The minimum Gasteiger partial charge on any atom is -0.395 e. The Labute approximate surface area is 90.4 Å². The normalized spacial score (nSPS) is 19.6. The Kier molecular flexibility index (Phi) is 3.46. The molecule has 16 heavy (non-hydrogen) atoms. The zero-order valence-corrected chi connectivity index (χ0v) is 8.37. The fraction of sp³-hybridized carbons (Fsp3) is 0.444. The average molecular weight is 235 g/mol. The molecule has 4 nitrogen and oxygen atoms in total. The number of alkyl halides is 3. The Morgan fingerprint density at radius 1 is 1.25 bits per heavy atom. The molecule has 0 spiro atoms. The molecule has 1 fully saturated rings. The van der Waals surface area contributed by atoms with Crippen LogP contribution in [0.25, 0.3) is 0 Å². The Morgan fingerprint density at radius 2 is 1.81 bits per heavy atom. The predicted molar refractivity (Wildman–Crippen MR) is 51.7 cm³/mol. The smallest absolute Gasteiger partial charge is 0.395 e. The number of carbonyl (C=O) groups is 1. The summed E-state index contributed by atoms with van der Waals surface area (Å²) in [4.78, 5) is 11.9. The molecule has 0 saturated carbocycles. The maximum atomic E-state index is 12.0. The molecule has 1 aliphatic heterocycles. The Morgan fingerprint density at radius 3 is 2.25 bits per heavy atom. The van der Waals surface area contributed by atoms with Crippen molar-refractivity contribution in [3.63, 3.8) is 0 Å². The van der Waals surface area contributed by atoms with E-state index in [0.29, 0.717) is 19.2 Å². The van der Waals surface area contributed by atoms with Gasteiger partial charge in [-0.2, -0.15) is 13.2 Å². The van der Waals surface area contributed by atoms with Gasteiger partial charge < -0.3 is 21.2 Å². The van der Waals surface area contributed by atoms with Crippen LogP contribution >= 0.6 is 0 Å². The molecule has 1 aliphatic rings. The van der Waals surface area contributed by atoms with Crippen LogP contribution in [0.5, 0.6) is 0 Å². The molecule has 0 aliphatic carbocycles. The van der Waals surface area contributed by atoms with Crippen LogP contribution in [0.15, 0.2) is 23.7 Å². The molecule has 0 unspecified atom stereocenters. The lowest BCUT2D eigenvalue weighted by Gasteiger charge is -2.37. The third kappa shape index (κ3) is 2.91. The number of rotatable bonds is 3. The van der Waals surface area contributed by atoms with Crippen molar-refractivity contribution in [2.45, 2.75) is 6.18 Å². The van der Waals surface area contributed by atoms with E-state index in [0.717, 1.165) is 12.4 Å². The SMILES string of the molecule is N/C(=C\C=C(/N)N1CC(C=O)C1)C(F)(F)F. The summed E-state index contributed by atoms with van der Waals surface area (Å²) in [5, 5.41) is 0. The van der Waals surface area contributed by atoms with Crippen molar-refractivity contribution in [3.05, 3.63) is 23.7 Å². The molecule has 0 amide bonds. The predicted octanol–water partition coefficient (Wildman–Crippen LogP) is 0.322. The minimum absolute atomic E-state index is 0.0871. The summed E-state index contributed by atoms with van der Waals surface area (Å²) >= 11 is 0. The van der Waals surface area contributed by atoms with Crippen molar-refractivity contribution in [2.24, 2.45) is 17.4 Å². The average Bonchev–Trinajstić information content (AvgIpc) is 2.10. The molecule has 0 bridgehead atoms. The molecule has 7 heteroatoms. The van der Waals surface area contributed by atoms with Crippen LogP contribution in [0.4, 0.5) is 13.2 Å². The van der Waals surface area contributed by atoms with E-state index < -0.39 is 11.9 Å². The third-order valence-corrected chi connectivity index (χ3v) is 2.23. The second-order valence-electron chi connectivity index (χ2n) is 3.51. The first-order valence-corrected chi connectivity index (χ1v) is 4.55. The maximum absolute atomic E-state index is 12.0. The second-order valence-corrected chi connectivity index (χ2v) is 3.51. The number of nitrogens with two attached hydrogens (primary N) is 2. The van der Waals surface area contributed by atoms with Crippen molar-refractivity contribution < 1.29 is 18.0 Å². The monoisotopic (exact) mass is 235 g/mol. The quantitative estimate of drug-likeness (QED) is 0.546. The summed E-state index contributed by atoms with van der Waals surface area (Å²) in [5.74, 6) is 0.0844. The summed E-state index contributed by atoms with van der Waals surface area (Å²) in [5.41, 5.74) is 9.06. The number of hydrogen-bond donors (Lipinski definition) is 2. The van der Waals surface area contributed by atoms with Crippen LogP contribution in [0.1, 0.15) is 0 Å². The molecule has 4 N–H and O–H groups in total. The number of halogens is 3. The standard InChI is InChI=1S/C9H12F3N3O/c10-9(11,12)7(13)1-2-8(14)15-3-6(4-15)5-16/h1-2,5-6H,3-4,13-14H2/b7-1-,8-2+. The fourth-order valence-corrected chi connectivity index (χ4v) is 1.18. The lowest BCUT2D eigenvalue weighted by atomic mass is 10.0. The van der Waals surface area contributed by atoms with Crippen LogP contribution in [-0.4, -0.2) is 30.5 Å². The first-order valence-electron chi connectivity index (χ1n) is 4.55. The van der Waals surface area contributed by atoms with Crippen molar-refractivity contribution in [1.82, 2.24) is 4.90 Å². The zero-order valence-electron chi connectivity index (χ0n) is 8.37. The van der Waals surface area contributed by atoms with Crippen molar-refractivity contribution >= 4 is 6.29 Å². The van der Waals surface area contributed by atoms with Gasteiger partial charge in [0.25, 0.3) is 0 Å². The van der Waals surface area contributed by atoms with Crippen LogP contribution in [0, 0.1) is 5.92 Å². The highest BCUT2D eigenvalue weighted by molar-refractivity contribution is 5.56. The van der Waals surface area contributed by atoms with E-state index in [-0.39, 0.29) is 11.7 Å². The van der Waals surface area contributed by atoms with Gasteiger partial charge in [0.15, 0.2) is 0 Å². The summed E-state index contributed by atoms with van der Waals surface area (Å²) in [7, 11) is 0. The highest BCUT2D eigenvalue weighted by atomic mass is 19.4. The summed E-state index contributed by atoms with van der Waals surface area (Å²) in [6, 6.07) is 0. The van der Waals surface area contributed by atoms with E-state index >= 15 is 0 Å². The van der Waals surface area contributed by atoms with E-state index in [1.54, 1.807) is 4.90 Å². The molecule has 0 aromatic rings. The van der Waals surface area contributed by atoms with Gasteiger partial charge in [0.1, 0.15) is 12.0 Å². The van der Waals surface area contributed by atoms with Gasteiger partial charge in [-0.15, -0.1) is 0 Å². The molecule has 1 saturated heterocycles. The topological polar surface area (TPSA) is 72.3 Å². The number of likely N-dealkylation sites (tertiary alicyclic amines) is 1. The van der Waals surface area contributed by atoms with E-state index in [2.05, 4.69) is 0 Å². The van der Waals surface area contributed by atoms with E-state index in [9.17, 15) is 18.0 Å². The zero-order chi connectivity index (χ0) is 12.3. The first kappa shape index (κ1) is 12.4. The molecular formula is C9H12F3N3O. The highest BCUT2D eigenvalue weighted by Gasteiger charge is 2.31. The molecule has 1 heterocycles. The second kappa shape index (κ2) is 4.46. The van der Waals surface area contributed by atoms with Crippen molar-refractivity contribution in [1.29, 1.82) is 0 Å². The summed E-state index contributed by atoms with van der Waals surface area (Å²) in [6.07, 6.45) is -1.95. The van der Waals surface area contributed by atoms with Gasteiger partial charge in [-0.3, -0.25) is 0 Å². The van der Waals surface area contributed by atoms with Crippen LogP contribution in [0.2, 0.25) is 0 Å². The summed E-state index contributed by atoms with van der Waals surface area (Å²) < 4.78 is 36.0. The molecular weight excluding hydrogens is 223 g/mol. The molecule has 0 aromatic heterocycles. The van der Waals surface area contributed by atoms with Gasteiger partial charge in [0.2, 0.25) is 0 Å². The van der Waals surface area contributed by atoms with E-state index in [4.69, 9.17) is 11.5 Å². The Bertz CT molecular complexity index is 329. The first-order chi connectivity index (χ1) is 7.34. The fourth-order valence-electron chi connectivity index (χ4n) is 1.18. The van der Waals surface area contributed by atoms with Gasteiger partial charge >= 0.3 is 6.18 Å². The number of carbonyl (C=O) groups excluding carboxylic acids is 1. The van der Waals surface area contributed by atoms with Gasteiger partial charge in [0, 0.05) is 19.0 Å². The Hall–Kier alpha value is -1.66. The van der Waals surface area contributed by atoms with Gasteiger partial charge in [-0.25, -0.2) is 0 Å². The lowest BCUT2D eigenvalue weighted by molar-refractivity contribution is -0.114. The molecule has 0 atom stereocenters. The van der Waals surface area contributed by atoms with Crippen LogP contribution < -0.4 is 11.5 Å². The van der Waals surface area contributed by atoms with Crippen molar-refractivity contribution in [3.8, 4) is 0 Å². The van der Waals surface area contributed by atoms with Crippen LogP contribution in [-0.2, 0) is 4.79 Å². The van der Waals surface area contributed by atoms with E-state index in [1.807, 2.05) is 0 Å². The van der Waals surface area contributed by atoms with Crippen LogP contribution in [0.3, 0.4) is 0 Å². The van der Waals surface area contributed by atoms with E-state index in [1.165, 1.54) is 0 Å². The highest BCUT2D eigenvalue weighted by Crippen LogP contribution is 2.22. The number of nitrogens with zero attached hydrogens (tertiary/aromatic N) is 1. The number of aldehydes is 1. The molecule has 0 radical (unpaired) electrons. The van der Waals surface area contributed by atoms with Crippen molar-refractivity contribution in [2.75, 3.05) is 13.1 Å². The Balaban J connectivity index is 2.55. The number of allylic oxidation sites excluding steroid dienone is 3. The third-order valence-electron chi connectivity index (χ3n) is 2.23. The summed E-state index contributed by atoms with van der Waals surface area (Å²) in [6.45, 7) is 0.872. The maximum Gasteiger partial charge on any atom is 0.430 e. The minimum atomic E-state index is -4.54. The lowest BCUT2D eigenvalue weighted by Crippen LogP contribution is -2.48. The van der Waals surface area contributed by atoms with Gasteiger partial charge in [-0.05, 0) is 12.2 Å². The largest absolute Gasteiger partial charge is 0.430 e. The molecule has 1 rings (SSSR count).